The predicted octanol–water partition coefficient (Wildman–Crippen LogP) is 3.34. The van der Waals surface area contributed by atoms with E-state index in [1.807, 2.05) is 0 Å². The van der Waals surface area contributed by atoms with E-state index >= 15 is 0 Å². The highest BCUT2D eigenvalue weighted by atomic mass is 16.3. The van der Waals surface area contributed by atoms with Gasteiger partial charge in [0.2, 0.25) is 0 Å². The molecule has 2 saturated carbocycles. The van der Waals surface area contributed by atoms with Gasteiger partial charge in [0.15, 0.2) is 0 Å². The van der Waals surface area contributed by atoms with E-state index in [0.717, 1.165) is 18.0 Å². The summed E-state index contributed by atoms with van der Waals surface area (Å²) >= 11 is 0. The van der Waals surface area contributed by atoms with Crippen molar-refractivity contribution in [3.8, 4) is 0 Å². The van der Waals surface area contributed by atoms with Crippen LogP contribution in [0.4, 0.5) is 0 Å². The van der Waals surface area contributed by atoms with Crippen molar-refractivity contribution in [3.63, 3.8) is 0 Å². The van der Waals surface area contributed by atoms with E-state index in [-0.39, 0.29) is 6.10 Å². The first-order valence-corrected chi connectivity index (χ1v) is 7.94. The van der Waals surface area contributed by atoms with Crippen LogP contribution in [0.3, 0.4) is 0 Å². The third kappa shape index (κ3) is 3.02. The summed E-state index contributed by atoms with van der Waals surface area (Å²) in [6.45, 7) is 2.29. The fourth-order valence-corrected chi connectivity index (χ4v) is 3.84. The molecule has 0 saturated heterocycles. The highest BCUT2D eigenvalue weighted by Crippen LogP contribution is 2.34. The van der Waals surface area contributed by atoms with Crippen molar-refractivity contribution < 1.29 is 5.11 Å². The van der Waals surface area contributed by atoms with Crippen molar-refractivity contribution in [3.05, 3.63) is 18.0 Å². The zero-order chi connectivity index (χ0) is 13.2. The molecule has 0 bridgehead atoms. The van der Waals surface area contributed by atoms with Crippen LogP contribution in [-0.2, 0) is 6.42 Å². The highest BCUT2D eigenvalue weighted by Gasteiger charge is 2.28. The van der Waals surface area contributed by atoms with Crippen molar-refractivity contribution in [2.45, 2.75) is 70.4 Å². The van der Waals surface area contributed by atoms with Gasteiger partial charge in [0.05, 0.1) is 17.8 Å². The molecule has 1 N–H and O–H groups in total. The smallest absolute Gasteiger partial charge is 0.0650 e. The zero-order valence-corrected chi connectivity index (χ0v) is 12.0. The minimum absolute atomic E-state index is 0.197. The molecule has 2 aliphatic rings. The number of nitrogens with zero attached hydrogens (tertiary/aromatic N) is 2. The van der Waals surface area contributed by atoms with Crippen LogP contribution < -0.4 is 0 Å². The number of hydrogen-bond acceptors (Lipinski definition) is 2. The summed E-state index contributed by atoms with van der Waals surface area (Å²) in [5.41, 5.74) is 1.07. The average molecular weight is 262 g/mol. The molecule has 19 heavy (non-hydrogen) atoms. The molecule has 0 amide bonds. The van der Waals surface area contributed by atoms with Gasteiger partial charge >= 0.3 is 0 Å². The third-order valence-corrected chi connectivity index (χ3v) is 5.06. The molecule has 0 radical (unpaired) electrons. The van der Waals surface area contributed by atoms with Crippen LogP contribution in [0.1, 0.15) is 63.6 Å². The molecule has 3 rings (SSSR count). The van der Waals surface area contributed by atoms with Gasteiger partial charge in [0.1, 0.15) is 0 Å². The van der Waals surface area contributed by atoms with E-state index in [2.05, 4.69) is 29.0 Å². The van der Waals surface area contributed by atoms with Crippen LogP contribution >= 0.6 is 0 Å². The molecule has 1 aromatic heterocycles. The lowest BCUT2D eigenvalue weighted by Gasteiger charge is -2.17. The van der Waals surface area contributed by atoms with Crippen LogP contribution in [0, 0.1) is 11.8 Å². The second kappa shape index (κ2) is 5.66. The van der Waals surface area contributed by atoms with Crippen molar-refractivity contribution in [2.75, 3.05) is 0 Å². The largest absolute Gasteiger partial charge is 0.392 e. The maximum Gasteiger partial charge on any atom is 0.0650 e. The van der Waals surface area contributed by atoms with Gasteiger partial charge in [-0.2, -0.15) is 5.10 Å². The Morgan fingerprint density at radius 1 is 1.32 bits per heavy atom. The molecule has 0 aromatic carbocycles. The molecule has 3 nitrogen and oxygen atoms in total. The predicted molar refractivity (Wildman–Crippen MR) is 75.9 cm³/mol. The summed E-state index contributed by atoms with van der Waals surface area (Å²) in [6, 6.07) is 2.71. The quantitative estimate of drug-likeness (QED) is 0.903. The molecule has 2 aliphatic carbocycles. The molecule has 1 heterocycles. The van der Waals surface area contributed by atoms with Crippen molar-refractivity contribution >= 4 is 0 Å². The van der Waals surface area contributed by atoms with Crippen molar-refractivity contribution in [1.29, 1.82) is 0 Å². The SMILES string of the molecule is CC1CCC(C(O)Cc2ccn(C3CCCC3)n2)C1. The van der Waals surface area contributed by atoms with Crippen LogP contribution in [-0.4, -0.2) is 21.0 Å². The summed E-state index contributed by atoms with van der Waals surface area (Å²) in [5.74, 6) is 1.28. The van der Waals surface area contributed by atoms with Crippen LogP contribution in [0.15, 0.2) is 12.3 Å². The minimum atomic E-state index is -0.197. The van der Waals surface area contributed by atoms with Gasteiger partial charge in [0, 0.05) is 12.6 Å². The summed E-state index contributed by atoms with van der Waals surface area (Å²) in [7, 11) is 0. The molecule has 3 heteroatoms. The first-order valence-electron chi connectivity index (χ1n) is 7.94. The third-order valence-electron chi connectivity index (χ3n) is 5.06. The minimum Gasteiger partial charge on any atom is -0.392 e. The Kier molecular flexibility index (Phi) is 3.92. The molecular formula is C16H26N2O. The Balaban J connectivity index is 1.57. The Morgan fingerprint density at radius 3 is 2.79 bits per heavy atom. The molecule has 3 atom stereocenters. The lowest BCUT2D eigenvalue weighted by atomic mass is 9.96. The molecule has 106 valence electrons. The van der Waals surface area contributed by atoms with Crippen LogP contribution in [0.5, 0.6) is 0 Å². The second-order valence-electron chi connectivity index (χ2n) is 6.68. The first kappa shape index (κ1) is 13.2. The van der Waals surface area contributed by atoms with Gasteiger partial charge in [0.25, 0.3) is 0 Å². The van der Waals surface area contributed by atoms with E-state index in [1.165, 1.54) is 44.9 Å². The summed E-state index contributed by atoms with van der Waals surface area (Å²) in [6.07, 6.45) is 11.5. The Hall–Kier alpha value is -0.830. The van der Waals surface area contributed by atoms with E-state index in [4.69, 9.17) is 0 Å². The van der Waals surface area contributed by atoms with Gasteiger partial charge in [-0.1, -0.05) is 26.2 Å². The lowest BCUT2D eigenvalue weighted by Crippen LogP contribution is -2.21. The van der Waals surface area contributed by atoms with Crippen LogP contribution in [0.25, 0.3) is 0 Å². The monoisotopic (exact) mass is 262 g/mol. The number of hydrogen-bond donors (Lipinski definition) is 1. The van der Waals surface area contributed by atoms with E-state index in [0.29, 0.717) is 12.0 Å². The summed E-state index contributed by atoms with van der Waals surface area (Å²) in [5, 5.41) is 15.0. The van der Waals surface area contributed by atoms with E-state index < -0.39 is 0 Å². The molecular weight excluding hydrogens is 236 g/mol. The molecule has 1 aromatic rings. The van der Waals surface area contributed by atoms with Gasteiger partial charge < -0.3 is 5.11 Å². The van der Waals surface area contributed by atoms with Crippen molar-refractivity contribution in [1.82, 2.24) is 9.78 Å². The normalized spacial score (nSPS) is 30.0. The molecule has 0 spiro atoms. The Labute approximate surface area is 116 Å². The highest BCUT2D eigenvalue weighted by molar-refractivity contribution is 5.02. The fraction of sp³-hybridized carbons (Fsp3) is 0.812. The second-order valence-corrected chi connectivity index (χ2v) is 6.68. The van der Waals surface area contributed by atoms with E-state index in [9.17, 15) is 5.11 Å². The summed E-state index contributed by atoms with van der Waals surface area (Å²) in [4.78, 5) is 0. The van der Waals surface area contributed by atoms with E-state index in [1.54, 1.807) is 0 Å². The van der Waals surface area contributed by atoms with Crippen molar-refractivity contribution in [2.24, 2.45) is 11.8 Å². The maximum atomic E-state index is 10.3. The van der Waals surface area contributed by atoms with Gasteiger partial charge in [-0.3, -0.25) is 4.68 Å². The topological polar surface area (TPSA) is 38.0 Å². The van der Waals surface area contributed by atoms with Gasteiger partial charge in [-0.15, -0.1) is 0 Å². The van der Waals surface area contributed by atoms with Gasteiger partial charge in [-0.25, -0.2) is 0 Å². The lowest BCUT2D eigenvalue weighted by molar-refractivity contribution is 0.108. The summed E-state index contributed by atoms with van der Waals surface area (Å²) < 4.78 is 2.13. The first-order chi connectivity index (χ1) is 9.22. The standard InChI is InChI=1S/C16H26N2O/c1-12-6-7-13(10-12)16(19)11-14-8-9-18(17-14)15-4-2-3-5-15/h8-9,12-13,15-16,19H,2-7,10-11H2,1H3. The Morgan fingerprint density at radius 2 is 2.11 bits per heavy atom. The van der Waals surface area contributed by atoms with Crippen LogP contribution in [0.2, 0.25) is 0 Å². The number of aliphatic hydroxyl groups is 1. The zero-order valence-electron chi connectivity index (χ0n) is 12.0. The fourth-order valence-electron chi connectivity index (χ4n) is 3.84. The number of aromatic nitrogens is 2. The Bertz CT molecular complexity index is 409. The number of aliphatic hydroxyl groups excluding tert-OH is 1. The van der Waals surface area contributed by atoms with Gasteiger partial charge in [-0.05, 0) is 43.6 Å². The number of rotatable bonds is 4. The average Bonchev–Trinajstić information content (AvgIpc) is 3.07. The maximum absolute atomic E-state index is 10.3. The molecule has 3 unspecified atom stereocenters. The molecule has 0 aliphatic heterocycles. The molecule has 2 fully saturated rings.